The third-order valence-corrected chi connectivity index (χ3v) is 9.06. The average Bonchev–Trinajstić information content (AvgIpc) is 3.61. The Morgan fingerprint density at radius 3 is 1.77 bits per heavy atom. The van der Waals surface area contributed by atoms with E-state index in [1.54, 1.807) is 0 Å². The van der Waals surface area contributed by atoms with Crippen molar-refractivity contribution in [2.75, 3.05) is 4.90 Å². The third-order valence-electron chi connectivity index (χ3n) is 9.06. The van der Waals surface area contributed by atoms with E-state index in [0.29, 0.717) is 5.89 Å². The SMILES string of the molecule is c1ccc(-c2ccc(N(c3cccc(-c4ccccc4)c3)c3ccc4cc(-c5nc6c(ccc7ccccc76)o5)ccc4c3)cc2)cc1. The minimum absolute atomic E-state index is 0.630. The Kier molecular flexibility index (Phi) is 6.80. The molecule has 9 aromatic rings. The Morgan fingerprint density at radius 2 is 0.958 bits per heavy atom. The second-order valence-corrected chi connectivity index (χ2v) is 12.1. The van der Waals surface area contributed by atoms with E-state index in [9.17, 15) is 0 Å². The molecule has 226 valence electrons. The lowest BCUT2D eigenvalue weighted by Gasteiger charge is -2.26. The molecule has 1 heterocycles. The van der Waals surface area contributed by atoms with Crippen LogP contribution in [-0.2, 0) is 0 Å². The van der Waals surface area contributed by atoms with Crippen LogP contribution >= 0.6 is 0 Å². The summed E-state index contributed by atoms with van der Waals surface area (Å²) in [5, 5.41) is 4.52. The smallest absolute Gasteiger partial charge is 0.227 e. The van der Waals surface area contributed by atoms with E-state index in [1.807, 2.05) is 18.2 Å². The highest BCUT2D eigenvalue weighted by molar-refractivity contribution is 6.04. The van der Waals surface area contributed by atoms with Crippen molar-refractivity contribution in [1.29, 1.82) is 0 Å². The highest BCUT2D eigenvalue weighted by Gasteiger charge is 2.16. The van der Waals surface area contributed by atoms with E-state index < -0.39 is 0 Å². The van der Waals surface area contributed by atoms with Crippen LogP contribution in [0.2, 0.25) is 0 Å². The van der Waals surface area contributed by atoms with E-state index in [1.165, 1.54) is 22.3 Å². The summed E-state index contributed by atoms with van der Waals surface area (Å²) in [7, 11) is 0. The quantitative estimate of drug-likeness (QED) is 0.187. The lowest BCUT2D eigenvalue weighted by Crippen LogP contribution is -2.10. The molecular weight excluding hydrogens is 585 g/mol. The van der Waals surface area contributed by atoms with Crippen molar-refractivity contribution in [3.05, 3.63) is 182 Å². The van der Waals surface area contributed by atoms with Gasteiger partial charge in [-0.25, -0.2) is 4.98 Å². The molecule has 0 atom stereocenters. The van der Waals surface area contributed by atoms with Gasteiger partial charge in [0.15, 0.2) is 5.58 Å². The number of rotatable bonds is 6. The summed E-state index contributed by atoms with van der Waals surface area (Å²) in [4.78, 5) is 7.26. The molecule has 0 aliphatic rings. The predicted molar refractivity (Wildman–Crippen MR) is 200 cm³/mol. The van der Waals surface area contributed by atoms with Crippen molar-refractivity contribution in [2.45, 2.75) is 0 Å². The monoisotopic (exact) mass is 614 g/mol. The Morgan fingerprint density at radius 1 is 0.375 bits per heavy atom. The Hall–Kier alpha value is -6.45. The van der Waals surface area contributed by atoms with Gasteiger partial charge in [0.25, 0.3) is 0 Å². The van der Waals surface area contributed by atoms with Gasteiger partial charge in [0, 0.05) is 28.0 Å². The molecule has 0 amide bonds. The summed E-state index contributed by atoms with van der Waals surface area (Å²) in [5.74, 6) is 0.630. The Bertz CT molecular complexity index is 2550. The molecule has 0 N–H and O–H groups in total. The van der Waals surface area contributed by atoms with Gasteiger partial charge in [0.1, 0.15) is 5.52 Å². The van der Waals surface area contributed by atoms with Gasteiger partial charge in [-0.1, -0.05) is 127 Å². The molecule has 0 fully saturated rings. The van der Waals surface area contributed by atoms with Crippen LogP contribution in [0.3, 0.4) is 0 Å². The predicted octanol–water partition coefficient (Wildman–Crippen LogP) is 12.6. The fourth-order valence-electron chi connectivity index (χ4n) is 6.63. The second-order valence-electron chi connectivity index (χ2n) is 12.1. The number of anilines is 3. The molecule has 48 heavy (non-hydrogen) atoms. The van der Waals surface area contributed by atoms with Crippen LogP contribution in [-0.4, -0.2) is 4.98 Å². The maximum atomic E-state index is 6.26. The van der Waals surface area contributed by atoms with E-state index in [-0.39, 0.29) is 0 Å². The first kappa shape index (κ1) is 27.8. The molecule has 3 nitrogen and oxygen atoms in total. The summed E-state index contributed by atoms with van der Waals surface area (Å²) in [6.07, 6.45) is 0. The first-order valence-corrected chi connectivity index (χ1v) is 16.2. The first-order valence-electron chi connectivity index (χ1n) is 16.2. The summed E-state index contributed by atoms with van der Waals surface area (Å²) in [6.45, 7) is 0. The number of aromatic nitrogens is 1. The topological polar surface area (TPSA) is 29.3 Å². The van der Waals surface area contributed by atoms with E-state index in [0.717, 1.165) is 55.3 Å². The summed E-state index contributed by atoms with van der Waals surface area (Å²) in [6, 6.07) is 64.1. The van der Waals surface area contributed by atoms with Crippen LogP contribution < -0.4 is 4.90 Å². The largest absolute Gasteiger partial charge is 0.436 e. The number of hydrogen-bond donors (Lipinski definition) is 0. The highest BCUT2D eigenvalue weighted by Crippen LogP contribution is 2.39. The van der Waals surface area contributed by atoms with Gasteiger partial charge >= 0.3 is 0 Å². The van der Waals surface area contributed by atoms with Crippen molar-refractivity contribution in [3.8, 4) is 33.7 Å². The van der Waals surface area contributed by atoms with Crippen molar-refractivity contribution in [1.82, 2.24) is 4.98 Å². The van der Waals surface area contributed by atoms with E-state index >= 15 is 0 Å². The minimum Gasteiger partial charge on any atom is -0.436 e. The van der Waals surface area contributed by atoms with Crippen molar-refractivity contribution >= 4 is 49.7 Å². The zero-order chi connectivity index (χ0) is 31.9. The molecule has 0 saturated carbocycles. The molecule has 0 unspecified atom stereocenters. The lowest BCUT2D eigenvalue weighted by molar-refractivity contribution is 0.620. The molecule has 8 aromatic carbocycles. The number of fused-ring (bicyclic) bond motifs is 4. The molecule has 3 heteroatoms. The van der Waals surface area contributed by atoms with Gasteiger partial charge in [-0.15, -0.1) is 0 Å². The zero-order valence-corrected chi connectivity index (χ0v) is 26.1. The molecule has 0 spiro atoms. The second kappa shape index (κ2) is 11.7. The van der Waals surface area contributed by atoms with Crippen LogP contribution in [0.1, 0.15) is 0 Å². The molecule has 0 saturated heterocycles. The number of hydrogen-bond acceptors (Lipinski definition) is 3. The molecule has 9 rings (SSSR count). The standard InChI is InChI=1S/C45H30N2O/c1-3-10-31(11-4-1)33-20-24-39(25-21-33)47(40-16-9-15-35(29-40)32-12-5-2-6-13-32)41-26-22-36-28-38(19-18-37(36)30-41)45-46-44-42-17-8-7-14-34(42)23-27-43(44)48-45/h1-30H. The van der Waals surface area contributed by atoms with E-state index in [4.69, 9.17) is 9.40 Å². The third kappa shape index (κ3) is 5.08. The summed E-state index contributed by atoms with van der Waals surface area (Å²) < 4.78 is 6.26. The van der Waals surface area contributed by atoms with Gasteiger partial charge in [0.05, 0.1) is 0 Å². The zero-order valence-electron chi connectivity index (χ0n) is 26.1. The lowest BCUT2D eigenvalue weighted by atomic mass is 10.0. The van der Waals surface area contributed by atoms with Crippen LogP contribution in [0.25, 0.3) is 66.4 Å². The van der Waals surface area contributed by atoms with Crippen molar-refractivity contribution in [3.63, 3.8) is 0 Å². The Labute approximate surface area is 279 Å². The number of oxazole rings is 1. The van der Waals surface area contributed by atoms with Gasteiger partial charge in [-0.3, -0.25) is 0 Å². The van der Waals surface area contributed by atoms with Crippen molar-refractivity contribution < 1.29 is 4.42 Å². The van der Waals surface area contributed by atoms with Gasteiger partial charge in [-0.05, 0) is 93.0 Å². The maximum absolute atomic E-state index is 6.26. The maximum Gasteiger partial charge on any atom is 0.227 e. The molecule has 0 aliphatic heterocycles. The van der Waals surface area contributed by atoms with E-state index in [2.05, 4.69) is 169 Å². The van der Waals surface area contributed by atoms with Gasteiger partial charge < -0.3 is 9.32 Å². The summed E-state index contributed by atoms with van der Waals surface area (Å²) >= 11 is 0. The normalized spacial score (nSPS) is 11.3. The summed E-state index contributed by atoms with van der Waals surface area (Å²) in [5.41, 5.74) is 10.7. The van der Waals surface area contributed by atoms with Gasteiger partial charge in [-0.2, -0.15) is 0 Å². The fourth-order valence-corrected chi connectivity index (χ4v) is 6.63. The van der Waals surface area contributed by atoms with Crippen LogP contribution in [0.5, 0.6) is 0 Å². The van der Waals surface area contributed by atoms with Crippen LogP contribution in [0, 0.1) is 0 Å². The minimum atomic E-state index is 0.630. The molecule has 0 bridgehead atoms. The van der Waals surface area contributed by atoms with Gasteiger partial charge in [0.2, 0.25) is 5.89 Å². The van der Waals surface area contributed by atoms with Crippen molar-refractivity contribution in [2.24, 2.45) is 0 Å². The molecule has 0 aliphatic carbocycles. The molecule has 0 radical (unpaired) electrons. The molecule has 1 aromatic heterocycles. The first-order chi connectivity index (χ1) is 23.8. The number of nitrogens with zero attached hydrogens (tertiary/aromatic N) is 2. The van der Waals surface area contributed by atoms with Crippen LogP contribution in [0.4, 0.5) is 17.1 Å². The molecular formula is C45H30N2O. The van der Waals surface area contributed by atoms with Crippen LogP contribution in [0.15, 0.2) is 186 Å². The number of benzene rings is 8. The fraction of sp³-hybridized carbons (Fsp3) is 0. The Balaban J connectivity index is 1.13. The highest BCUT2D eigenvalue weighted by atomic mass is 16.3. The average molecular weight is 615 g/mol.